The molecule has 5 nitrogen and oxygen atoms in total. The summed E-state index contributed by atoms with van der Waals surface area (Å²) in [6, 6.07) is 2.70. The highest BCUT2D eigenvalue weighted by atomic mass is 35.5. The summed E-state index contributed by atoms with van der Waals surface area (Å²) in [6.45, 7) is 0. The summed E-state index contributed by atoms with van der Waals surface area (Å²) in [4.78, 5) is 22.0. The fourth-order valence-electron chi connectivity index (χ4n) is 2.01. The van der Waals surface area contributed by atoms with E-state index in [1.54, 1.807) is 0 Å². The predicted octanol–water partition coefficient (Wildman–Crippen LogP) is 3.77. The van der Waals surface area contributed by atoms with Gasteiger partial charge in [-0.1, -0.05) is 11.6 Å². The van der Waals surface area contributed by atoms with Crippen LogP contribution in [0, 0.1) is 15.9 Å². The minimum Gasteiger partial charge on any atom is -0.307 e. The molecule has 0 fully saturated rings. The number of alkyl halides is 3. The number of aromatic nitrogens is 1. The highest BCUT2D eigenvalue weighted by Gasteiger charge is 2.34. The van der Waals surface area contributed by atoms with Gasteiger partial charge in [0.25, 0.3) is 11.2 Å². The van der Waals surface area contributed by atoms with Crippen LogP contribution in [0.1, 0.15) is 5.69 Å². The molecule has 2 rings (SSSR count). The van der Waals surface area contributed by atoms with E-state index in [1.165, 1.54) is 0 Å². The molecule has 10 heteroatoms. The SMILES string of the molecule is Cn1c(C(F)(F)F)ccc(-c2cc([N+](=O)[O-])c(Cl)cc2F)c1=O. The van der Waals surface area contributed by atoms with Crippen molar-refractivity contribution < 1.29 is 22.5 Å². The van der Waals surface area contributed by atoms with E-state index in [4.69, 9.17) is 11.6 Å². The summed E-state index contributed by atoms with van der Waals surface area (Å²) in [5.41, 5.74) is -3.98. The van der Waals surface area contributed by atoms with Gasteiger partial charge in [0.15, 0.2) is 0 Å². The van der Waals surface area contributed by atoms with E-state index in [0.29, 0.717) is 22.8 Å². The Bertz CT molecular complexity index is 862. The van der Waals surface area contributed by atoms with Gasteiger partial charge >= 0.3 is 6.18 Å². The molecule has 0 aliphatic heterocycles. The van der Waals surface area contributed by atoms with Crippen LogP contribution in [0.15, 0.2) is 29.1 Å². The Morgan fingerprint density at radius 2 is 1.83 bits per heavy atom. The fraction of sp³-hybridized carbons (Fsp3) is 0.154. The molecule has 0 aliphatic carbocycles. The lowest BCUT2D eigenvalue weighted by Gasteiger charge is -2.13. The van der Waals surface area contributed by atoms with E-state index in [-0.39, 0.29) is 0 Å². The van der Waals surface area contributed by atoms with E-state index in [0.717, 1.165) is 13.1 Å². The third kappa shape index (κ3) is 3.04. The van der Waals surface area contributed by atoms with Gasteiger partial charge in [0.2, 0.25) is 0 Å². The maximum Gasteiger partial charge on any atom is 0.431 e. The van der Waals surface area contributed by atoms with Gasteiger partial charge in [-0.25, -0.2) is 4.39 Å². The average molecular weight is 351 g/mol. The number of hydrogen-bond acceptors (Lipinski definition) is 3. The summed E-state index contributed by atoms with van der Waals surface area (Å²) in [6.07, 6.45) is -4.77. The second-order valence-electron chi connectivity index (χ2n) is 4.53. The van der Waals surface area contributed by atoms with E-state index >= 15 is 0 Å². The maximum absolute atomic E-state index is 13.9. The van der Waals surface area contributed by atoms with Crippen LogP contribution in [-0.4, -0.2) is 9.49 Å². The molecule has 1 aromatic heterocycles. The monoisotopic (exact) mass is 350 g/mol. The first-order chi connectivity index (χ1) is 10.5. The van der Waals surface area contributed by atoms with E-state index in [1.807, 2.05) is 0 Å². The van der Waals surface area contributed by atoms with Gasteiger partial charge in [-0.3, -0.25) is 14.9 Å². The smallest absolute Gasteiger partial charge is 0.307 e. The van der Waals surface area contributed by atoms with Crippen molar-refractivity contribution in [3.8, 4) is 11.1 Å². The third-order valence-corrected chi connectivity index (χ3v) is 3.42. The molecule has 0 radical (unpaired) electrons. The molecule has 0 bridgehead atoms. The first kappa shape index (κ1) is 16.9. The fourth-order valence-corrected chi connectivity index (χ4v) is 2.23. The van der Waals surface area contributed by atoms with Gasteiger partial charge in [-0.05, 0) is 12.1 Å². The number of rotatable bonds is 2. The van der Waals surface area contributed by atoms with Crippen molar-refractivity contribution in [2.75, 3.05) is 0 Å². The zero-order chi connectivity index (χ0) is 17.5. The molecule has 0 aliphatic rings. The Morgan fingerprint density at radius 3 is 2.35 bits per heavy atom. The highest BCUT2D eigenvalue weighted by Crippen LogP contribution is 2.33. The Hall–Kier alpha value is -2.42. The van der Waals surface area contributed by atoms with Gasteiger partial charge in [0, 0.05) is 24.7 Å². The van der Waals surface area contributed by atoms with Crippen LogP contribution in [0.4, 0.5) is 23.2 Å². The number of benzene rings is 1. The maximum atomic E-state index is 13.9. The minimum atomic E-state index is -4.77. The molecule has 0 saturated carbocycles. The van der Waals surface area contributed by atoms with Crippen molar-refractivity contribution in [2.24, 2.45) is 7.05 Å². The summed E-state index contributed by atoms with van der Waals surface area (Å²) in [5, 5.41) is 10.3. The highest BCUT2D eigenvalue weighted by molar-refractivity contribution is 6.32. The average Bonchev–Trinajstić information content (AvgIpc) is 2.40. The van der Waals surface area contributed by atoms with Crippen LogP contribution in [0.25, 0.3) is 11.1 Å². The Morgan fingerprint density at radius 1 is 1.22 bits per heavy atom. The Balaban J connectivity index is 2.74. The van der Waals surface area contributed by atoms with Crippen LogP contribution in [-0.2, 0) is 13.2 Å². The van der Waals surface area contributed by atoms with Gasteiger partial charge in [-0.2, -0.15) is 13.2 Å². The normalized spacial score (nSPS) is 11.6. The topological polar surface area (TPSA) is 65.1 Å². The lowest BCUT2D eigenvalue weighted by Crippen LogP contribution is -2.26. The second-order valence-corrected chi connectivity index (χ2v) is 4.94. The van der Waals surface area contributed by atoms with Crippen LogP contribution < -0.4 is 5.56 Å². The number of nitro groups is 1. The Labute approximate surface area is 130 Å². The van der Waals surface area contributed by atoms with E-state index in [9.17, 15) is 32.5 Å². The van der Waals surface area contributed by atoms with Crippen LogP contribution in [0.3, 0.4) is 0 Å². The number of hydrogen-bond donors (Lipinski definition) is 0. The third-order valence-electron chi connectivity index (χ3n) is 3.12. The quantitative estimate of drug-likeness (QED) is 0.470. The van der Waals surface area contributed by atoms with Crippen LogP contribution in [0.5, 0.6) is 0 Å². The predicted molar refractivity (Wildman–Crippen MR) is 73.7 cm³/mol. The number of nitrogens with zero attached hydrogens (tertiary/aromatic N) is 2. The van der Waals surface area contributed by atoms with Gasteiger partial charge < -0.3 is 4.57 Å². The van der Waals surface area contributed by atoms with Gasteiger partial charge in [0.05, 0.1) is 10.5 Å². The second kappa shape index (κ2) is 5.65. The summed E-state index contributed by atoms with van der Waals surface area (Å²) in [5.74, 6) is -1.06. The zero-order valence-electron chi connectivity index (χ0n) is 11.3. The molecule has 23 heavy (non-hydrogen) atoms. The first-order valence-corrected chi connectivity index (χ1v) is 6.33. The number of pyridine rings is 1. The number of nitro benzene ring substituents is 1. The molecule has 1 heterocycles. The molecule has 0 saturated heterocycles. The molecule has 0 amide bonds. The molecular formula is C13H7ClF4N2O3. The first-order valence-electron chi connectivity index (χ1n) is 5.95. The van der Waals surface area contributed by atoms with Crippen molar-refractivity contribution in [1.82, 2.24) is 4.57 Å². The number of halogens is 5. The van der Waals surface area contributed by atoms with Crippen molar-refractivity contribution >= 4 is 17.3 Å². The van der Waals surface area contributed by atoms with Crippen molar-refractivity contribution in [3.05, 3.63) is 61.3 Å². The van der Waals surface area contributed by atoms with Crippen molar-refractivity contribution in [1.29, 1.82) is 0 Å². The molecule has 0 spiro atoms. The van der Waals surface area contributed by atoms with E-state index < -0.39 is 50.0 Å². The molecule has 0 unspecified atom stereocenters. The van der Waals surface area contributed by atoms with Crippen molar-refractivity contribution in [3.63, 3.8) is 0 Å². The summed E-state index contributed by atoms with van der Waals surface area (Å²) in [7, 11) is 0.872. The van der Waals surface area contributed by atoms with Crippen LogP contribution in [0.2, 0.25) is 5.02 Å². The largest absolute Gasteiger partial charge is 0.431 e. The van der Waals surface area contributed by atoms with Gasteiger partial charge in [0.1, 0.15) is 16.5 Å². The van der Waals surface area contributed by atoms with E-state index in [2.05, 4.69) is 0 Å². The Kier molecular flexibility index (Phi) is 4.16. The molecular weight excluding hydrogens is 344 g/mol. The summed E-state index contributed by atoms with van der Waals surface area (Å²) >= 11 is 5.53. The standard InChI is InChI=1S/C13H7ClF4N2O3/c1-19-11(13(16,17)18)3-2-6(12(19)21)7-4-10(20(22)23)8(14)5-9(7)15/h2-5H,1H3. The molecule has 1 aromatic carbocycles. The zero-order valence-corrected chi connectivity index (χ0v) is 12.1. The van der Waals surface area contributed by atoms with Crippen LogP contribution >= 0.6 is 11.6 Å². The molecule has 2 aromatic rings. The molecule has 0 N–H and O–H groups in total. The molecule has 0 atom stereocenters. The lowest BCUT2D eigenvalue weighted by atomic mass is 10.1. The molecule has 122 valence electrons. The lowest BCUT2D eigenvalue weighted by molar-refractivity contribution is -0.384. The summed E-state index contributed by atoms with van der Waals surface area (Å²) < 4.78 is 52.4. The van der Waals surface area contributed by atoms with Gasteiger partial charge in [-0.15, -0.1) is 0 Å². The van der Waals surface area contributed by atoms with Crippen molar-refractivity contribution in [2.45, 2.75) is 6.18 Å². The minimum absolute atomic E-state index is 0.301.